The smallest absolute Gasteiger partial charge is 0.149 e. The minimum atomic E-state index is -0.610. The first-order valence-electron chi connectivity index (χ1n) is 4.66. The zero-order valence-corrected chi connectivity index (χ0v) is 8.76. The van der Waals surface area contributed by atoms with Crippen molar-refractivity contribution in [1.82, 2.24) is 0 Å². The summed E-state index contributed by atoms with van der Waals surface area (Å²) >= 11 is 0. The summed E-state index contributed by atoms with van der Waals surface area (Å²) in [6.07, 6.45) is 0.354. The third-order valence-corrected chi connectivity index (χ3v) is 2.12. The highest BCUT2D eigenvalue weighted by molar-refractivity contribution is 5.76. The van der Waals surface area contributed by atoms with E-state index in [0.717, 1.165) is 6.07 Å². The fourth-order valence-electron chi connectivity index (χ4n) is 1.24. The molecule has 0 saturated carbocycles. The van der Waals surface area contributed by atoms with Crippen molar-refractivity contribution in [1.29, 1.82) is 0 Å². The van der Waals surface area contributed by atoms with Crippen LogP contribution in [-0.2, 0) is 4.79 Å². The first-order valence-corrected chi connectivity index (χ1v) is 4.66. The summed E-state index contributed by atoms with van der Waals surface area (Å²) in [5.74, 6) is -1.17. The lowest BCUT2D eigenvalue weighted by molar-refractivity contribution is -0.116. The van der Waals surface area contributed by atoms with Gasteiger partial charge in [0.05, 0.1) is 5.69 Å². The number of hydrogen-bond acceptors (Lipinski definition) is 2. The molecule has 1 rings (SSSR count). The van der Waals surface area contributed by atoms with Gasteiger partial charge in [-0.05, 0) is 19.1 Å². The third kappa shape index (κ3) is 3.31. The van der Waals surface area contributed by atoms with E-state index in [2.05, 4.69) is 0 Å². The van der Waals surface area contributed by atoms with Crippen LogP contribution in [-0.4, -0.2) is 19.4 Å². The number of halogens is 2. The molecule has 2 nitrogen and oxygen atoms in total. The van der Waals surface area contributed by atoms with Gasteiger partial charge in [-0.2, -0.15) is 0 Å². The summed E-state index contributed by atoms with van der Waals surface area (Å²) in [6, 6.07) is 3.40. The molecule has 0 heterocycles. The van der Waals surface area contributed by atoms with Crippen molar-refractivity contribution in [2.45, 2.75) is 13.3 Å². The lowest BCUT2D eigenvalue weighted by Gasteiger charge is -2.19. The van der Waals surface area contributed by atoms with Crippen molar-refractivity contribution in [3.05, 3.63) is 29.8 Å². The van der Waals surface area contributed by atoms with Gasteiger partial charge < -0.3 is 4.90 Å². The Bertz CT molecular complexity index is 366. The van der Waals surface area contributed by atoms with Crippen LogP contribution in [0.2, 0.25) is 0 Å². The molecular formula is C11H13F2NO. The van der Waals surface area contributed by atoms with Crippen LogP contribution in [0.1, 0.15) is 13.3 Å². The lowest BCUT2D eigenvalue weighted by Crippen LogP contribution is -2.21. The lowest BCUT2D eigenvalue weighted by atomic mass is 10.2. The highest BCUT2D eigenvalue weighted by Gasteiger charge is 2.08. The molecule has 0 aliphatic carbocycles. The summed E-state index contributed by atoms with van der Waals surface area (Å²) in [7, 11) is 1.67. The highest BCUT2D eigenvalue weighted by atomic mass is 19.1. The van der Waals surface area contributed by atoms with E-state index in [1.165, 1.54) is 19.1 Å². The van der Waals surface area contributed by atoms with Crippen LogP contribution in [0.3, 0.4) is 0 Å². The molecule has 0 unspecified atom stereocenters. The Morgan fingerprint density at radius 1 is 1.40 bits per heavy atom. The maximum Gasteiger partial charge on any atom is 0.149 e. The van der Waals surface area contributed by atoms with Gasteiger partial charge in [0, 0.05) is 26.1 Å². The van der Waals surface area contributed by atoms with Crippen molar-refractivity contribution in [2.75, 3.05) is 18.5 Å². The summed E-state index contributed by atoms with van der Waals surface area (Å²) in [4.78, 5) is 12.3. The van der Waals surface area contributed by atoms with Crippen LogP contribution in [0.5, 0.6) is 0 Å². The predicted octanol–water partition coefficient (Wildman–Crippen LogP) is 2.38. The average Bonchev–Trinajstić information content (AvgIpc) is 2.14. The number of carbonyl (C=O) groups excluding carboxylic acids is 1. The molecule has 4 heteroatoms. The summed E-state index contributed by atoms with van der Waals surface area (Å²) < 4.78 is 25.9. The molecule has 15 heavy (non-hydrogen) atoms. The number of rotatable bonds is 4. The molecule has 0 saturated heterocycles. The quantitative estimate of drug-likeness (QED) is 0.765. The normalized spacial score (nSPS) is 10.1. The molecule has 0 atom stereocenters. The summed E-state index contributed by atoms with van der Waals surface area (Å²) in [6.45, 7) is 1.91. The largest absolute Gasteiger partial charge is 0.372 e. The summed E-state index contributed by atoms with van der Waals surface area (Å²) in [5, 5.41) is 0. The highest BCUT2D eigenvalue weighted by Crippen LogP contribution is 2.18. The number of Topliss-reactive ketones (excluding diaryl/α,β-unsaturated/α-hetero) is 1. The van der Waals surface area contributed by atoms with E-state index in [-0.39, 0.29) is 5.78 Å². The summed E-state index contributed by atoms with van der Waals surface area (Å²) in [5.41, 5.74) is 0.303. The predicted molar refractivity (Wildman–Crippen MR) is 54.9 cm³/mol. The van der Waals surface area contributed by atoms with E-state index >= 15 is 0 Å². The molecular weight excluding hydrogens is 200 g/mol. The topological polar surface area (TPSA) is 20.3 Å². The number of anilines is 1. The molecule has 0 aliphatic heterocycles. The van der Waals surface area contributed by atoms with E-state index in [9.17, 15) is 13.6 Å². The number of carbonyl (C=O) groups is 1. The molecule has 0 bridgehead atoms. The van der Waals surface area contributed by atoms with Crippen LogP contribution in [0.4, 0.5) is 14.5 Å². The molecule has 1 aromatic carbocycles. The fourth-order valence-corrected chi connectivity index (χ4v) is 1.24. The standard InChI is InChI=1S/C11H13F2NO/c1-8(15)5-6-14(2)11-4-3-9(12)7-10(11)13/h3-4,7H,5-6H2,1-2H3. The van der Waals surface area contributed by atoms with Crippen LogP contribution >= 0.6 is 0 Å². The van der Waals surface area contributed by atoms with Crippen LogP contribution < -0.4 is 4.90 Å². The van der Waals surface area contributed by atoms with Crippen LogP contribution in [0.15, 0.2) is 18.2 Å². The second-order valence-electron chi connectivity index (χ2n) is 3.47. The molecule has 0 spiro atoms. The third-order valence-electron chi connectivity index (χ3n) is 2.12. The van der Waals surface area contributed by atoms with Crippen molar-refractivity contribution < 1.29 is 13.6 Å². The van der Waals surface area contributed by atoms with E-state index < -0.39 is 11.6 Å². The van der Waals surface area contributed by atoms with Crippen LogP contribution in [0, 0.1) is 11.6 Å². The van der Waals surface area contributed by atoms with Gasteiger partial charge in [-0.3, -0.25) is 4.79 Å². The molecule has 1 aromatic rings. The van der Waals surface area contributed by atoms with Crippen molar-refractivity contribution in [3.8, 4) is 0 Å². The van der Waals surface area contributed by atoms with Crippen molar-refractivity contribution in [3.63, 3.8) is 0 Å². The molecule has 0 fully saturated rings. The van der Waals surface area contributed by atoms with Crippen molar-refractivity contribution in [2.24, 2.45) is 0 Å². The maximum atomic E-state index is 13.3. The van der Waals surface area contributed by atoms with E-state index in [1.54, 1.807) is 11.9 Å². The van der Waals surface area contributed by atoms with Gasteiger partial charge in [-0.15, -0.1) is 0 Å². The van der Waals surface area contributed by atoms with E-state index in [4.69, 9.17) is 0 Å². The Morgan fingerprint density at radius 2 is 2.07 bits per heavy atom. The van der Waals surface area contributed by atoms with Crippen LogP contribution in [0.25, 0.3) is 0 Å². The second-order valence-corrected chi connectivity index (χ2v) is 3.47. The Morgan fingerprint density at radius 3 is 2.60 bits per heavy atom. The van der Waals surface area contributed by atoms with Gasteiger partial charge in [-0.25, -0.2) is 8.78 Å². The van der Waals surface area contributed by atoms with Gasteiger partial charge in [0.25, 0.3) is 0 Å². The Balaban J connectivity index is 2.73. The minimum Gasteiger partial charge on any atom is -0.372 e. The molecule has 82 valence electrons. The van der Waals surface area contributed by atoms with Gasteiger partial charge in [0.2, 0.25) is 0 Å². The average molecular weight is 213 g/mol. The number of ketones is 1. The number of hydrogen-bond donors (Lipinski definition) is 0. The zero-order valence-electron chi connectivity index (χ0n) is 8.76. The minimum absolute atomic E-state index is 0.0457. The second kappa shape index (κ2) is 4.87. The van der Waals surface area contributed by atoms with E-state index in [1.807, 2.05) is 0 Å². The Hall–Kier alpha value is -1.45. The monoisotopic (exact) mass is 213 g/mol. The maximum absolute atomic E-state index is 13.3. The first-order chi connectivity index (χ1) is 7.00. The van der Waals surface area contributed by atoms with Crippen molar-refractivity contribution >= 4 is 11.5 Å². The Labute approximate surface area is 87.5 Å². The van der Waals surface area contributed by atoms with Gasteiger partial charge in [0.1, 0.15) is 17.4 Å². The van der Waals surface area contributed by atoms with Gasteiger partial charge in [-0.1, -0.05) is 0 Å². The number of nitrogens with zero attached hydrogens (tertiary/aromatic N) is 1. The number of benzene rings is 1. The molecule has 0 N–H and O–H groups in total. The molecule has 0 amide bonds. The first kappa shape index (κ1) is 11.6. The van der Waals surface area contributed by atoms with Gasteiger partial charge >= 0.3 is 0 Å². The molecule has 0 aliphatic rings. The molecule has 0 aromatic heterocycles. The Kier molecular flexibility index (Phi) is 3.77. The zero-order chi connectivity index (χ0) is 11.4. The van der Waals surface area contributed by atoms with Gasteiger partial charge in [0.15, 0.2) is 0 Å². The SMILES string of the molecule is CC(=O)CCN(C)c1ccc(F)cc1F. The fraction of sp³-hybridized carbons (Fsp3) is 0.364. The molecule has 0 radical (unpaired) electrons. The van der Waals surface area contributed by atoms with E-state index in [0.29, 0.717) is 18.7 Å².